The summed E-state index contributed by atoms with van der Waals surface area (Å²) in [6.45, 7) is 8.42. The van der Waals surface area contributed by atoms with Crippen LogP contribution in [0.15, 0.2) is 34.0 Å². The molecule has 0 atom stereocenters. The van der Waals surface area contributed by atoms with Crippen LogP contribution in [0.3, 0.4) is 0 Å². The predicted molar refractivity (Wildman–Crippen MR) is 141 cm³/mol. The van der Waals surface area contributed by atoms with Gasteiger partial charge < -0.3 is 10.1 Å². The molecule has 9 heteroatoms. The van der Waals surface area contributed by atoms with Gasteiger partial charge in [-0.3, -0.25) is 19.1 Å². The van der Waals surface area contributed by atoms with E-state index in [4.69, 9.17) is 17.0 Å². The summed E-state index contributed by atoms with van der Waals surface area (Å²) in [5, 5.41) is 13.1. The minimum atomic E-state index is -0.342. The number of benzene rings is 1. The van der Waals surface area contributed by atoms with Crippen molar-refractivity contribution in [3.05, 3.63) is 61.8 Å². The van der Waals surface area contributed by atoms with E-state index < -0.39 is 0 Å². The summed E-state index contributed by atoms with van der Waals surface area (Å²) < 4.78 is 7.31. The van der Waals surface area contributed by atoms with E-state index in [1.807, 2.05) is 45.0 Å². The maximum atomic E-state index is 13.1. The summed E-state index contributed by atoms with van der Waals surface area (Å²) in [5.74, 6) is 1.17. The average Bonchev–Trinajstić information content (AvgIpc) is 3.10. The van der Waals surface area contributed by atoms with Gasteiger partial charge in [0.25, 0.3) is 11.5 Å². The number of nitriles is 1. The minimum absolute atomic E-state index is 0.0594. The molecule has 0 aliphatic carbocycles. The summed E-state index contributed by atoms with van der Waals surface area (Å²) in [5.41, 5.74) is 1.91. The van der Waals surface area contributed by atoms with Gasteiger partial charge in [0.15, 0.2) is 0 Å². The van der Waals surface area contributed by atoms with E-state index in [0.29, 0.717) is 45.7 Å². The Labute approximate surface area is 209 Å². The van der Waals surface area contributed by atoms with E-state index in [0.717, 1.165) is 11.3 Å². The third-order valence-electron chi connectivity index (χ3n) is 5.56. The molecule has 2 aromatic rings. The van der Waals surface area contributed by atoms with Crippen molar-refractivity contribution in [1.82, 2.24) is 9.47 Å². The first-order valence-electron chi connectivity index (χ1n) is 11.0. The molecule has 1 aliphatic heterocycles. The van der Waals surface area contributed by atoms with Crippen LogP contribution in [0.25, 0.3) is 6.08 Å². The van der Waals surface area contributed by atoms with Crippen LogP contribution in [0.2, 0.25) is 0 Å². The lowest BCUT2D eigenvalue weighted by atomic mass is 10.0. The van der Waals surface area contributed by atoms with Gasteiger partial charge in [-0.1, -0.05) is 43.0 Å². The van der Waals surface area contributed by atoms with E-state index in [2.05, 4.69) is 11.4 Å². The largest absolute Gasteiger partial charge is 0.497 e. The van der Waals surface area contributed by atoms with Crippen LogP contribution >= 0.6 is 24.0 Å². The van der Waals surface area contributed by atoms with Crippen molar-refractivity contribution >= 4 is 46.1 Å². The zero-order valence-electron chi connectivity index (χ0n) is 20.0. The standard InChI is InChI=1S/C25H28N4O3S2/c1-6-11-28-22(27-14-17-7-9-18(32-5)10-8-17)19(16(4)20(13-26)23(28)30)12-21-24(31)29(15(2)3)25(33)34-21/h7-10,12,15,27H,6,11,14H2,1-5H3/b21-12+. The fraction of sp³-hybridized carbons (Fsp3) is 0.360. The molecule has 2 heterocycles. The molecule has 0 radical (unpaired) electrons. The van der Waals surface area contributed by atoms with E-state index in [9.17, 15) is 14.9 Å². The summed E-state index contributed by atoms with van der Waals surface area (Å²) in [6.07, 6.45) is 2.46. The van der Waals surface area contributed by atoms with Crippen LogP contribution in [0, 0.1) is 18.3 Å². The second-order valence-electron chi connectivity index (χ2n) is 8.18. The van der Waals surface area contributed by atoms with Crippen molar-refractivity contribution in [2.45, 2.75) is 53.2 Å². The highest BCUT2D eigenvalue weighted by atomic mass is 32.2. The van der Waals surface area contributed by atoms with Gasteiger partial charge in [-0.2, -0.15) is 5.26 Å². The molecular weight excluding hydrogens is 468 g/mol. The lowest BCUT2D eigenvalue weighted by molar-refractivity contribution is -0.123. The molecule has 0 spiro atoms. The number of carbonyl (C=O) groups excluding carboxylic acids is 1. The Hall–Kier alpha value is -3.09. The van der Waals surface area contributed by atoms with Gasteiger partial charge >= 0.3 is 0 Å². The maximum Gasteiger partial charge on any atom is 0.270 e. The number of hydrogen-bond donors (Lipinski definition) is 1. The Kier molecular flexibility index (Phi) is 8.18. The summed E-state index contributed by atoms with van der Waals surface area (Å²) >= 11 is 6.65. The number of thioether (sulfide) groups is 1. The summed E-state index contributed by atoms with van der Waals surface area (Å²) in [4.78, 5) is 28.2. The van der Waals surface area contributed by atoms with Crippen molar-refractivity contribution < 1.29 is 9.53 Å². The van der Waals surface area contributed by atoms with Crippen LogP contribution in [-0.4, -0.2) is 32.8 Å². The third kappa shape index (κ3) is 5.03. The fourth-order valence-electron chi connectivity index (χ4n) is 3.78. The van der Waals surface area contributed by atoms with Crippen molar-refractivity contribution in [1.29, 1.82) is 5.26 Å². The van der Waals surface area contributed by atoms with Crippen LogP contribution < -0.4 is 15.6 Å². The van der Waals surface area contributed by atoms with Crippen LogP contribution in [0.5, 0.6) is 5.75 Å². The molecule has 1 fully saturated rings. The van der Waals surface area contributed by atoms with Crippen LogP contribution in [-0.2, 0) is 17.9 Å². The Balaban J connectivity index is 2.14. The molecule has 1 N–H and O–H groups in total. The number of pyridine rings is 1. The van der Waals surface area contributed by atoms with E-state index in [1.54, 1.807) is 29.6 Å². The highest BCUT2D eigenvalue weighted by molar-refractivity contribution is 8.26. The van der Waals surface area contributed by atoms with Gasteiger partial charge in [0.05, 0.1) is 12.0 Å². The zero-order chi connectivity index (χ0) is 25.0. The van der Waals surface area contributed by atoms with Gasteiger partial charge in [-0.05, 0) is 56.5 Å². The number of hydrogen-bond acceptors (Lipinski definition) is 7. The van der Waals surface area contributed by atoms with E-state index >= 15 is 0 Å². The Morgan fingerprint density at radius 1 is 1.26 bits per heavy atom. The van der Waals surface area contributed by atoms with Gasteiger partial charge in [0.1, 0.15) is 27.5 Å². The molecular formula is C25H28N4O3S2. The van der Waals surface area contributed by atoms with Crippen molar-refractivity contribution in [3.8, 4) is 11.8 Å². The predicted octanol–water partition coefficient (Wildman–Crippen LogP) is 4.67. The number of thiocarbonyl (C=S) groups is 1. The number of aromatic nitrogens is 1. The van der Waals surface area contributed by atoms with Crippen molar-refractivity contribution in [3.63, 3.8) is 0 Å². The number of anilines is 1. The number of rotatable bonds is 8. The molecule has 1 aromatic heterocycles. The first-order valence-corrected chi connectivity index (χ1v) is 12.3. The first-order chi connectivity index (χ1) is 16.2. The Morgan fingerprint density at radius 3 is 2.47 bits per heavy atom. The number of carbonyl (C=O) groups is 1. The lowest BCUT2D eigenvalue weighted by Crippen LogP contribution is -2.34. The quantitative estimate of drug-likeness (QED) is 0.420. The highest BCUT2D eigenvalue weighted by Gasteiger charge is 2.34. The molecule has 34 heavy (non-hydrogen) atoms. The Morgan fingerprint density at radius 2 is 1.94 bits per heavy atom. The minimum Gasteiger partial charge on any atom is -0.497 e. The number of methoxy groups -OCH3 is 1. The zero-order valence-corrected chi connectivity index (χ0v) is 21.6. The van der Waals surface area contributed by atoms with E-state index in [1.165, 1.54) is 11.8 Å². The third-order valence-corrected chi connectivity index (χ3v) is 6.89. The molecule has 1 aromatic carbocycles. The van der Waals surface area contributed by atoms with Gasteiger partial charge in [0, 0.05) is 24.7 Å². The summed E-state index contributed by atoms with van der Waals surface area (Å²) in [6, 6.07) is 9.63. The van der Waals surface area contributed by atoms with Crippen molar-refractivity contribution in [2.24, 2.45) is 0 Å². The lowest BCUT2D eigenvalue weighted by Gasteiger charge is -2.20. The fourth-order valence-corrected chi connectivity index (χ4v) is 5.28. The SMILES string of the molecule is CCCn1c(NCc2ccc(OC)cc2)c(/C=C2/SC(=S)N(C(C)C)C2=O)c(C)c(C#N)c1=O. The van der Waals surface area contributed by atoms with Crippen LogP contribution in [0.1, 0.15) is 49.4 Å². The number of nitrogens with one attached hydrogen (secondary N) is 1. The monoisotopic (exact) mass is 496 g/mol. The van der Waals surface area contributed by atoms with E-state index in [-0.39, 0.29) is 23.1 Å². The average molecular weight is 497 g/mol. The van der Waals surface area contributed by atoms with Gasteiger partial charge in [-0.15, -0.1) is 0 Å². The van der Waals surface area contributed by atoms with Crippen LogP contribution in [0.4, 0.5) is 5.82 Å². The number of amides is 1. The molecule has 0 bridgehead atoms. The molecule has 0 saturated carbocycles. The molecule has 1 saturated heterocycles. The van der Waals surface area contributed by atoms with Gasteiger partial charge in [0.2, 0.25) is 0 Å². The molecule has 7 nitrogen and oxygen atoms in total. The number of nitrogens with zero attached hydrogens (tertiary/aromatic N) is 3. The topological polar surface area (TPSA) is 87.4 Å². The summed E-state index contributed by atoms with van der Waals surface area (Å²) in [7, 11) is 1.62. The van der Waals surface area contributed by atoms with Gasteiger partial charge in [-0.25, -0.2) is 0 Å². The number of ether oxygens (including phenoxy) is 1. The Bertz CT molecular complexity index is 1240. The second kappa shape index (κ2) is 10.9. The maximum absolute atomic E-state index is 13.1. The molecule has 0 unspecified atom stereocenters. The molecule has 1 amide bonds. The second-order valence-corrected chi connectivity index (χ2v) is 9.85. The molecule has 1 aliphatic rings. The first kappa shape index (κ1) is 25.5. The van der Waals surface area contributed by atoms with Crippen molar-refractivity contribution in [2.75, 3.05) is 12.4 Å². The normalized spacial score (nSPS) is 14.7. The highest BCUT2D eigenvalue weighted by Crippen LogP contribution is 2.36. The molecule has 3 rings (SSSR count). The smallest absolute Gasteiger partial charge is 0.270 e. The molecule has 178 valence electrons.